The van der Waals surface area contributed by atoms with Crippen LogP contribution in [-0.4, -0.2) is 19.5 Å². The molecule has 0 N–H and O–H groups in total. The number of para-hydroxylation sites is 1. The molecule has 0 saturated carbocycles. The van der Waals surface area contributed by atoms with Crippen LogP contribution in [0, 0.1) is 0 Å². The predicted octanol–water partition coefficient (Wildman–Crippen LogP) is 11.0. The van der Waals surface area contributed by atoms with Gasteiger partial charge in [-0.25, -0.2) is 15.0 Å². The van der Waals surface area contributed by atoms with Crippen molar-refractivity contribution in [1.82, 2.24) is 19.5 Å². The second-order valence-electron chi connectivity index (χ2n) is 11.6. The van der Waals surface area contributed by atoms with Crippen molar-refractivity contribution in [3.8, 4) is 28.3 Å². The molecule has 0 aliphatic rings. The second kappa shape index (κ2) is 9.80. The zero-order valence-corrected chi connectivity index (χ0v) is 25.4. The molecule has 46 heavy (non-hydrogen) atoms. The smallest absolute Gasteiger partial charge is 0.163 e. The van der Waals surface area contributed by atoms with Gasteiger partial charge < -0.3 is 4.57 Å². The molecule has 214 valence electrons. The summed E-state index contributed by atoms with van der Waals surface area (Å²) in [7, 11) is 0. The fourth-order valence-corrected chi connectivity index (χ4v) is 8.34. The lowest BCUT2D eigenvalue weighted by Gasteiger charge is -2.12. The highest BCUT2D eigenvalue weighted by Gasteiger charge is 2.22. The maximum atomic E-state index is 5.15. The first-order valence-corrected chi connectivity index (χ1v) is 16.2. The summed E-state index contributed by atoms with van der Waals surface area (Å²) in [6.45, 7) is 0. The quantitative estimate of drug-likeness (QED) is 0.201. The summed E-state index contributed by atoms with van der Waals surface area (Å²) in [6.07, 6.45) is 1.79. The van der Waals surface area contributed by atoms with Crippen molar-refractivity contribution in [2.75, 3.05) is 0 Å². The van der Waals surface area contributed by atoms with Crippen LogP contribution in [0.5, 0.6) is 0 Å². The molecular weight excluding hydrogens is 581 g/mol. The summed E-state index contributed by atoms with van der Waals surface area (Å²) in [6, 6.07) is 49.3. The molecule has 4 nitrogen and oxygen atoms in total. The van der Waals surface area contributed by atoms with E-state index in [2.05, 4.69) is 119 Å². The molecule has 0 radical (unpaired) electrons. The number of fused-ring (bicyclic) bond motifs is 11. The number of hydrogen-bond donors (Lipinski definition) is 0. The van der Waals surface area contributed by atoms with Crippen molar-refractivity contribution in [3.05, 3.63) is 146 Å². The maximum Gasteiger partial charge on any atom is 0.163 e. The summed E-state index contributed by atoms with van der Waals surface area (Å²) in [5.41, 5.74) is 7.05. The van der Waals surface area contributed by atoms with E-state index in [1.807, 2.05) is 41.7 Å². The highest BCUT2D eigenvalue weighted by Crippen LogP contribution is 2.47. The van der Waals surface area contributed by atoms with Crippen LogP contribution >= 0.6 is 11.3 Å². The van der Waals surface area contributed by atoms with E-state index in [1.54, 1.807) is 6.20 Å². The SMILES string of the molecule is c1ccc(-c2nc(-c3cccc(-n4c5ccccc5c5c6ccccc6c6c7ccccc7sc6c54)c3)nc3ncccc23)cc1. The third-order valence-corrected chi connectivity index (χ3v) is 10.2. The van der Waals surface area contributed by atoms with Crippen LogP contribution in [0.15, 0.2) is 146 Å². The van der Waals surface area contributed by atoms with Gasteiger partial charge in [0.25, 0.3) is 0 Å². The minimum Gasteiger partial charge on any atom is -0.308 e. The molecule has 0 unspecified atom stereocenters. The Morgan fingerprint density at radius 3 is 2.09 bits per heavy atom. The molecule has 0 saturated heterocycles. The van der Waals surface area contributed by atoms with Crippen LogP contribution < -0.4 is 0 Å². The van der Waals surface area contributed by atoms with E-state index < -0.39 is 0 Å². The minimum absolute atomic E-state index is 0.658. The van der Waals surface area contributed by atoms with Crippen LogP contribution in [0.4, 0.5) is 0 Å². The largest absolute Gasteiger partial charge is 0.308 e. The summed E-state index contributed by atoms with van der Waals surface area (Å²) in [5.74, 6) is 0.658. The Hall–Kier alpha value is -5.91. The van der Waals surface area contributed by atoms with Crippen LogP contribution in [-0.2, 0) is 0 Å². The lowest BCUT2D eigenvalue weighted by molar-refractivity contribution is 1.17. The number of nitrogens with zero attached hydrogens (tertiary/aromatic N) is 4. The van der Waals surface area contributed by atoms with Gasteiger partial charge in [0.2, 0.25) is 0 Å². The zero-order valence-electron chi connectivity index (χ0n) is 24.6. The number of benzene rings is 6. The van der Waals surface area contributed by atoms with Gasteiger partial charge in [0.15, 0.2) is 11.5 Å². The fraction of sp³-hybridized carbons (Fsp3) is 0. The normalized spacial score (nSPS) is 11.9. The molecule has 0 aliphatic carbocycles. The van der Waals surface area contributed by atoms with Crippen molar-refractivity contribution in [1.29, 1.82) is 0 Å². The molecule has 0 fully saturated rings. The highest BCUT2D eigenvalue weighted by atomic mass is 32.1. The molecule has 0 spiro atoms. The molecule has 0 bridgehead atoms. The molecular formula is C41H24N4S. The third-order valence-electron chi connectivity index (χ3n) is 9.03. The molecule has 10 aromatic rings. The molecule has 4 heterocycles. The molecule has 10 rings (SSSR count). The Labute approximate surface area is 267 Å². The van der Waals surface area contributed by atoms with E-state index in [0.29, 0.717) is 11.5 Å². The van der Waals surface area contributed by atoms with Gasteiger partial charge >= 0.3 is 0 Å². The monoisotopic (exact) mass is 604 g/mol. The summed E-state index contributed by atoms with van der Waals surface area (Å²) < 4.78 is 5.04. The van der Waals surface area contributed by atoms with E-state index in [-0.39, 0.29) is 0 Å². The predicted molar refractivity (Wildman–Crippen MR) is 193 cm³/mol. The number of rotatable bonds is 3. The molecule has 4 aromatic heterocycles. The van der Waals surface area contributed by atoms with Crippen LogP contribution in [0.2, 0.25) is 0 Å². The number of pyridine rings is 1. The van der Waals surface area contributed by atoms with Gasteiger partial charge in [-0.05, 0) is 47.2 Å². The Bertz CT molecular complexity index is 2810. The third kappa shape index (κ3) is 3.63. The number of hydrogen-bond acceptors (Lipinski definition) is 4. The van der Waals surface area contributed by atoms with E-state index in [9.17, 15) is 0 Å². The topological polar surface area (TPSA) is 43.6 Å². The molecule has 6 aromatic carbocycles. The summed E-state index contributed by atoms with van der Waals surface area (Å²) in [5, 5.41) is 8.66. The number of thiophene rings is 1. The van der Waals surface area contributed by atoms with E-state index in [1.165, 1.54) is 52.8 Å². The van der Waals surface area contributed by atoms with Gasteiger partial charge in [-0.3, -0.25) is 0 Å². The Morgan fingerprint density at radius 2 is 1.22 bits per heavy atom. The summed E-state index contributed by atoms with van der Waals surface area (Å²) in [4.78, 5) is 14.8. The van der Waals surface area contributed by atoms with Crippen molar-refractivity contribution < 1.29 is 0 Å². The molecule has 5 heteroatoms. The van der Waals surface area contributed by atoms with Gasteiger partial charge in [0, 0.05) is 54.6 Å². The maximum absolute atomic E-state index is 5.15. The average Bonchev–Trinajstić information content (AvgIpc) is 3.69. The van der Waals surface area contributed by atoms with E-state index in [4.69, 9.17) is 9.97 Å². The summed E-state index contributed by atoms with van der Waals surface area (Å²) >= 11 is 1.88. The second-order valence-corrected chi connectivity index (χ2v) is 12.7. The minimum atomic E-state index is 0.658. The Balaban J connectivity index is 1.30. The Morgan fingerprint density at radius 1 is 0.522 bits per heavy atom. The van der Waals surface area contributed by atoms with Gasteiger partial charge in [0.05, 0.1) is 21.4 Å². The first kappa shape index (κ1) is 25.4. The standard InChI is InChI=1S/C41H24N4S/c1-2-12-25(13-3-1)37-32-20-11-23-42-41(32)44-40(43-37)26-14-10-15-27(24-26)45-33-21-8-6-18-30(33)35-28-16-4-5-17-29(28)36-31-19-7-9-22-34(31)46-39(36)38(35)45/h1-24H. The van der Waals surface area contributed by atoms with Gasteiger partial charge in [-0.2, -0.15) is 0 Å². The molecule has 0 atom stereocenters. The van der Waals surface area contributed by atoms with Crippen molar-refractivity contribution in [2.45, 2.75) is 0 Å². The van der Waals surface area contributed by atoms with Gasteiger partial charge in [-0.15, -0.1) is 11.3 Å². The zero-order chi connectivity index (χ0) is 30.2. The average molecular weight is 605 g/mol. The molecule has 0 amide bonds. The molecule has 0 aliphatic heterocycles. The first-order valence-electron chi connectivity index (χ1n) is 15.4. The van der Waals surface area contributed by atoms with Crippen LogP contribution in [0.3, 0.4) is 0 Å². The number of aromatic nitrogens is 4. The van der Waals surface area contributed by atoms with E-state index in [0.717, 1.165) is 27.9 Å². The van der Waals surface area contributed by atoms with E-state index >= 15 is 0 Å². The van der Waals surface area contributed by atoms with Crippen LogP contribution in [0.25, 0.3) is 92.1 Å². The highest BCUT2D eigenvalue weighted by molar-refractivity contribution is 7.27. The van der Waals surface area contributed by atoms with Crippen molar-refractivity contribution >= 4 is 75.1 Å². The lowest BCUT2D eigenvalue weighted by Crippen LogP contribution is -1.98. The van der Waals surface area contributed by atoms with Crippen LogP contribution in [0.1, 0.15) is 0 Å². The fourth-order valence-electron chi connectivity index (χ4n) is 7.09. The Kier molecular flexibility index (Phi) is 5.41. The van der Waals surface area contributed by atoms with Crippen molar-refractivity contribution in [3.63, 3.8) is 0 Å². The van der Waals surface area contributed by atoms with Crippen molar-refractivity contribution in [2.24, 2.45) is 0 Å². The lowest BCUT2D eigenvalue weighted by atomic mass is 9.99. The van der Waals surface area contributed by atoms with Gasteiger partial charge in [0.1, 0.15) is 0 Å². The first-order chi connectivity index (χ1) is 22.8. The van der Waals surface area contributed by atoms with Gasteiger partial charge in [-0.1, -0.05) is 103 Å².